The molecule has 35 heavy (non-hydrogen) atoms. The Labute approximate surface area is 225 Å². The normalized spacial score (nSPS) is 11.3. The first-order valence-corrected chi connectivity index (χ1v) is 15.4. The molecular formula is C25H26Cl2N2O3S3. The van der Waals surface area contributed by atoms with Crippen LogP contribution in [0.1, 0.15) is 22.8 Å². The number of hydrogen-bond donors (Lipinski definition) is 1. The van der Waals surface area contributed by atoms with Gasteiger partial charge in [-0.2, -0.15) is 11.8 Å². The van der Waals surface area contributed by atoms with Crippen LogP contribution in [0.5, 0.6) is 0 Å². The summed E-state index contributed by atoms with van der Waals surface area (Å²) in [6, 6.07) is 18.8. The maximum atomic E-state index is 13.2. The lowest BCUT2D eigenvalue weighted by atomic mass is 10.2. The molecule has 1 N–H and O–H groups in total. The largest absolute Gasteiger partial charge is 0.351 e. The van der Waals surface area contributed by atoms with E-state index in [0.717, 1.165) is 10.5 Å². The predicted octanol–water partition coefficient (Wildman–Crippen LogP) is 6.59. The van der Waals surface area contributed by atoms with E-state index in [4.69, 9.17) is 23.2 Å². The second kappa shape index (κ2) is 12.9. The van der Waals surface area contributed by atoms with Crippen LogP contribution in [0.25, 0.3) is 0 Å². The third-order valence-electron chi connectivity index (χ3n) is 5.19. The average Bonchev–Trinajstić information content (AvgIpc) is 2.86. The lowest BCUT2D eigenvalue weighted by molar-refractivity contribution is 0.0956. The summed E-state index contributed by atoms with van der Waals surface area (Å²) in [5.74, 6) is 1.14. The number of halogens is 2. The summed E-state index contributed by atoms with van der Waals surface area (Å²) in [7, 11) is -3.71. The molecule has 0 aliphatic rings. The molecule has 3 aromatic rings. The zero-order chi connectivity index (χ0) is 25.4. The average molecular weight is 570 g/mol. The van der Waals surface area contributed by atoms with Crippen LogP contribution < -0.4 is 9.62 Å². The fourth-order valence-corrected chi connectivity index (χ4v) is 6.81. The summed E-state index contributed by atoms with van der Waals surface area (Å²) < 4.78 is 27.6. The van der Waals surface area contributed by atoms with Gasteiger partial charge in [0.15, 0.2) is 0 Å². The number of rotatable bonds is 11. The van der Waals surface area contributed by atoms with Gasteiger partial charge >= 0.3 is 0 Å². The molecule has 0 atom stereocenters. The van der Waals surface area contributed by atoms with Crippen molar-refractivity contribution < 1.29 is 13.2 Å². The van der Waals surface area contributed by atoms with E-state index < -0.39 is 10.0 Å². The van der Waals surface area contributed by atoms with Gasteiger partial charge in [-0.1, -0.05) is 29.3 Å². The number of amides is 1. The van der Waals surface area contributed by atoms with Crippen molar-refractivity contribution in [1.29, 1.82) is 0 Å². The molecule has 186 valence electrons. The third-order valence-corrected chi connectivity index (χ3v) is 9.55. The van der Waals surface area contributed by atoms with Crippen molar-refractivity contribution >= 4 is 68.3 Å². The van der Waals surface area contributed by atoms with Gasteiger partial charge in [-0.15, -0.1) is 11.8 Å². The summed E-state index contributed by atoms with van der Waals surface area (Å²) in [5.41, 5.74) is 1.86. The van der Waals surface area contributed by atoms with Crippen LogP contribution >= 0.6 is 46.7 Å². The number of carbonyl (C=O) groups excluding carboxylic acids is 1. The number of anilines is 1. The predicted molar refractivity (Wildman–Crippen MR) is 150 cm³/mol. The number of thioether (sulfide) groups is 2. The second-order valence-electron chi connectivity index (χ2n) is 7.40. The smallest absolute Gasteiger partial charge is 0.264 e. The molecule has 3 aromatic carbocycles. The summed E-state index contributed by atoms with van der Waals surface area (Å²) >= 11 is 15.5. The molecule has 0 radical (unpaired) electrons. The van der Waals surface area contributed by atoms with E-state index in [9.17, 15) is 13.2 Å². The van der Waals surface area contributed by atoms with Crippen LogP contribution in [-0.2, 0) is 15.8 Å². The van der Waals surface area contributed by atoms with Gasteiger partial charge < -0.3 is 5.32 Å². The Morgan fingerprint density at radius 2 is 1.60 bits per heavy atom. The van der Waals surface area contributed by atoms with Crippen molar-refractivity contribution in [1.82, 2.24) is 5.32 Å². The van der Waals surface area contributed by atoms with Crippen LogP contribution in [0.3, 0.4) is 0 Å². The first kappa shape index (κ1) is 27.7. The van der Waals surface area contributed by atoms with Crippen molar-refractivity contribution in [3.05, 3.63) is 87.9 Å². The van der Waals surface area contributed by atoms with Gasteiger partial charge in [0.25, 0.3) is 15.9 Å². The van der Waals surface area contributed by atoms with Crippen molar-refractivity contribution in [3.8, 4) is 0 Å². The van der Waals surface area contributed by atoms with E-state index >= 15 is 0 Å². The van der Waals surface area contributed by atoms with Crippen LogP contribution in [0.15, 0.2) is 76.5 Å². The zero-order valence-electron chi connectivity index (χ0n) is 19.3. The lowest BCUT2D eigenvalue weighted by Gasteiger charge is -2.23. The maximum absolute atomic E-state index is 13.2. The van der Waals surface area contributed by atoms with Crippen LogP contribution in [0, 0.1) is 0 Å². The quantitative estimate of drug-likeness (QED) is 0.208. The Hall–Kier alpha value is -1.84. The second-order valence-corrected chi connectivity index (χ2v) is 12.1. The molecule has 0 fully saturated rings. The van der Waals surface area contributed by atoms with E-state index in [2.05, 4.69) is 5.32 Å². The molecule has 0 heterocycles. The Kier molecular flexibility index (Phi) is 10.2. The van der Waals surface area contributed by atoms with Crippen LogP contribution in [-0.4, -0.2) is 39.4 Å². The Morgan fingerprint density at radius 3 is 2.17 bits per heavy atom. The minimum atomic E-state index is -3.71. The van der Waals surface area contributed by atoms with Crippen molar-refractivity contribution in [2.24, 2.45) is 0 Å². The van der Waals surface area contributed by atoms with Gasteiger partial charge in [-0.3, -0.25) is 9.10 Å². The number of hydrogen-bond acceptors (Lipinski definition) is 5. The lowest BCUT2D eigenvalue weighted by Crippen LogP contribution is -2.31. The van der Waals surface area contributed by atoms with E-state index in [1.165, 1.54) is 4.31 Å². The zero-order valence-corrected chi connectivity index (χ0v) is 23.3. The van der Waals surface area contributed by atoms with E-state index in [-0.39, 0.29) is 17.3 Å². The summed E-state index contributed by atoms with van der Waals surface area (Å²) in [4.78, 5) is 13.7. The Morgan fingerprint density at radius 1 is 0.971 bits per heavy atom. The molecule has 0 spiro atoms. The first-order valence-electron chi connectivity index (χ1n) is 10.8. The molecule has 0 unspecified atom stereocenters. The molecule has 0 bridgehead atoms. The fraction of sp³-hybridized carbons (Fsp3) is 0.240. The number of nitrogens with zero attached hydrogens (tertiary/aromatic N) is 1. The minimum absolute atomic E-state index is 0.216. The van der Waals surface area contributed by atoms with E-state index in [0.29, 0.717) is 39.3 Å². The first-order chi connectivity index (χ1) is 16.8. The molecule has 10 heteroatoms. The van der Waals surface area contributed by atoms with Crippen molar-refractivity contribution in [2.75, 3.05) is 29.4 Å². The number of carbonyl (C=O) groups is 1. The van der Waals surface area contributed by atoms with Gasteiger partial charge in [-0.05, 0) is 79.4 Å². The standard InChI is InChI=1S/C25H26Cl2N2O3S3/c1-3-29(35(31,32)21-13-11-20(33-2)12-14-21)19-9-7-18(8-10-19)25(30)28-15-16-34-17-22-23(26)5-4-6-24(22)27/h4-14H,3,15-17H2,1-2H3,(H,28,30). The molecule has 0 aromatic heterocycles. The van der Waals surface area contributed by atoms with Crippen LogP contribution in [0.2, 0.25) is 10.0 Å². The monoisotopic (exact) mass is 568 g/mol. The van der Waals surface area contributed by atoms with Gasteiger partial charge in [0.05, 0.1) is 10.6 Å². The topological polar surface area (TPSA) is 66.5 Å². The molecule has 0 aliphatic carbocycles. The highest BCUT2D eigenvalue weighted by Crippen LogP contribution is 2.28. The summed E-state index contributed by atoms with van der Waals surface area (Å²) in [5, 5.41) is 4.15. The summed E-state index contributed by atoms with van der Waals surface area (Å²) in [6.07, 6.45) is 1.94. The van der Waals surface area contributed by atoms with Gasteiger partial charge in [-0.25, -0.2) is 8.42 Å². The molecule has 3 rings (SSSR count). The Bertz CT molecular complexity index is 1230. The molecule has 0 saturated carbocycles. The van der Waals surface area contributed by atoms with Gasteiger partial charge in [0, 0.05) is 45.1 Å². The van der Waals surface area contributed by atoms with E-state index in [1.807, 2.05) is 12.3 Å². The van der Waals surface area contributed by atoms with Gasteiger partial charge in [0.2, 0.25) is 0 Å². The highest BCUT2D eigenvalue weighted by molar-refractivity contribution is 7.98. The summed E-state index contributed by atoms with van der Waals surface area (Å²) in [6.45, 7) is 2.53. The number of nitrogens with one attached hydrogen (secondary N) is 1. The fourth-order valence-electron chi connectivity index (χ4n) is 3.33. The minimum Gasteiger partial charge on any atom is -0.351 e. The molecule has 5 nitrogen and oxygen atoms in total. The van der Waals surface area contributed by atoms with Crippen LogP contribution in [0.4, 0.5) is 5.69 Å². The highest BCUT2D eigenvalue weighted by atomic mass is 35.5. The molecule has 0 aliphatic heterocycles. The third kappa shape index (κ3) is 7.11. The molecule has 0 saturated heterocycles. The highest BCUT2D eigenvalue weighted by Gasteiger charge is 2.23. The maximum Gasteiger partial charge on any atom is 0.264 e. The van der Waals surface area contributed by atoms with Crippen molar-refractivity contribution in [3.63, 3.8) is 0 Å². The van der Waals surface area contributed by atoms with Crippen molar-refractivity contribution in [2.45, 2.75) is 22.5 Å². The van der Waals surface area contributed by atoms with Gasteiger partial charge in [0.1, 0.15) is 0 Å². The number of sulfonamides is 1. The Balaban J connectivity index is 1.57. The SMILES string of the molecule is CCN(c1ccc(C(=O)NCCSCc2c(Cl)cccc2Cl)cc1)S(=O)(=O)c1ccc(SC)cc1. The number of benzene rings is 3. The molecule has 1 amide bonds. The van der Waals surface area contributed by atoms with E-state index in [1.54, 1.807) is 91.1 Å². The molecular weight excluding hydrogens is 543 g/mol.